The van der Waals surface area contributed by atoms with E-state index in [0.717, 1.165) is 17.7 Å². The Hall–Kier alpha value is -2.48. The molecule has 1 aromatic heterocycles. The van der Waals surface area contributed by atoms with Crippen LogP contribution in [-0.2, 0) is 4.79 Å². The zero-order valence-corrected chi connectivity index (χ0v) is 14.7. The quantitative estimate of drug-likeness (QED) is 0.748. The van der Waals surface area contributed by atoms with Crippen molar-refractivity contribution in [2.24, 2.45) is 0 Å². The monoisotopic (exact) mass is 347 g/mol. The lowest BCUT2D eigenvalue weighted by Crippen LogP contribution is -2.48. The zero-order chi connectivity index (χ0) is 17.5. The minimum absolute atomic E-state index is 0.0811. The van der Waals surface area contributed by atoms with E-state index in [9.17, 15) is 9.59 Å². The molecule has 3 N–H and O–H groups in total. The standard InChI is InChI=1S/C16H21N5O2S/c1-4-10(2)17-15(22)11(3)18-16(23)19-13-7-5-12(6-8-13)14-9-24-21-20-14/h5-11H,4H2,1-3H3,(H,17,22)(H2,18,19,23)/t10-,11+/m0/s1. The van der Waals surface area contributed by atoms with Crippen LogP contribution in [-0.4, -0.2) is 33.6 Å². The molecule has 8 heteroatoms. The Morgan fingerprint density at radius 3 is 2.46 bits per heavy atom. The summed E-state index contributed by atoms with van der Waals surface area (Å²) in [5.41, 5.74) is 2.36. The van der Waals surface area contributed by atoms with Crippen LogP contribution < -0.4 is 16.0 Å². The van der Waals surface area contributed by atoms with E-state index < -0.39 is 12.1 Å². The molecule has 0 spiro atoms. The van der Waals surface area contributed by atoms with Crippen LogP contribution in [0, 0.1) is 0 Å². The minimum Gasteiger partial charge on any atom is -0.352 e. The summed E-state index contributed by atoms with van der Waals surface area (Å²) < 4.78 is 3.82. The fourth-order valence-corrected chi connectivity index (χ4v) is 2.38. The number of urea groups is 1. The van der Waals surface area contributed by atoms with Crippen LogP contribution in [0.2, 0.25) is 0 Å². The Balaban J connectivity index is 1.87. The van der Waals surface area contributed by atoms with Crippen LogP contribution in [0.25, 0.3) is 11.3 Å². The molecule has 1 aromatic carbocycles. The fraction of sp³-hybridized carbons (Fsp3) is 0.375. The number of carbonyl (C=O) groups excluding carboxylic acids is 2. The number of nitrogens with one attached hydrogen (secondary N) is 3. The van der Waals surface area contributed by atoms with Gasteiger partial charge in [-0.2, -0.15) is 0 Å². The molecule has 0 radical (unpaired) electrons. The Bertz CT molecular complexity index is 672. The molecule has 0 saturated heterocycles. The normalized spacial score (nSPS) is 13.0. The van der Waals surface area contributed by atoms with Gasteiger partial charge in [0.15, 0.2) is 0 Å². The van der Waals surface area contributed by atoms with Crippen molar-refractivity contribution in [3.05, 3.63) is 29.6 Å². The lowest BCUT2D eigenvalue weighted by Gasteiger charge is -2.17. The molecule has 0 bridgehead atoms. The second kappa shape index (κ2) is 8.39. The second-order valence-electron chi connectivity index (χ2n) is 5.51. The molecule has 0 saturated carbocycles. The fourth-order valence-electron chi connectivity index (χ4n) is 1.91. The number of aromatic nitrogens is 2. The summed E-state index contributed by atoms with van der Waals surface area (Å²) in [6.45, 7) is 5.56. The van der Waals surface area contributed by atoms with Gasteiger partial charge in [-0.3, -0.25) is 4.79 Å². The molecule has 1 heterocycles. The Kier molecular flexibility index (Phi) is 6.25. The van der Waals surface area contributed by atoms with Gasteiger partial charge in [-0.05, 0) is 43.9 Å². The lowest BCUT2D eigenvalue weighted by atomic mass is 10.1. The van der Waals surface area contributed by atoms with E-state index in [1.54, 1.807) is 19.1 Å². The molecule has 0 aliphatic rings. The summed E-state index contributed by atoms with van der Waals surface area (Å²) in [4.78, 5) is 23.9. The van der Waals surface area contributed by atoms with Crippen LogP contribution in [0.1, 0.15) is 27.2 Å². The first kappa shape index (κ1) is 17.9. The molecule has 0 unspecified atom stereocenters. The highest BCUT2D eigenvalue weighted by atomic mass is 32.1. The number of carbonyl (C=O) groups is 2. The van der Waals surface area contributed by atoms with Gasteiger partial charge in [0.1, 0.15) is 11.7 Å². The van der Waals surface area contributed by atoms with Gasteiger partial charge >= 0.3 is 6.03 Å². The molecule has 3 amide bonds. The Morgan fingerprint density at radius 1 is 1.17 bits per heavy atom. The van der Waals surface area contributed by atoms with Crippen molar-refractivity contribution >= 4 is 29.2 Å². The molecular formula is C16H21N5O2S. The van der Waals surface area contributed by atoms with Gasteiger partial charge in [-0.25, -0.2) is 4.79 Å². The van der Waals surface area contributed by atoms with Crippen molar-refractivity contribution in [2.45, 2.75) is 39.3 Å². The highest BCUT2D eigenvalue weighted by molar-refractivity contribution is 7.03. The molecule has 2 rings (SSSR count). The number of nitrogens with zero attached hydrogens (tertiary/aromatic N) is 2. The average molecular weight is 347 g/mol. The predicted molar refractivity (Wildman–Crippen MR) is 94.9 cm³/mol. The van der Waals surface area contributed by atoms with Crippen LogP contribution in [0.4, 0.5) is 10.5 Å². The zero-order valence-electron chi connectivity index (χ0n) is 13.9. The van der Waals surface area contributed by atoms with E-state index in [-0.39, 0.29) is 11.9 Å². The minimum atomic E-state index is -0.612. The van der Waals surface area contributed by atoms with Gasteiger partial charge in [-0.1, -0.05) is 23.5 Å². The largest absolute Gasteiger partial charge is 0.352 e. The maximum absolute atomic E-state index is 12.0. The van der Waals surface area contributed by atoms with Gasteiger partial charge in [0, 0.05) is 22.7 Å². The Labute approximate surface area is 145 Å². The van der Waals surface area contributed by atoms with Crippen molar-refractivity contribution in [3.8, 4) is 11.3 Å². The number of benzene rings is 1. The van der Waals surface area contributed by atoms with E-state index in [1.807, 2.05) is 31.4 Å². The summed E-state index contributed by atoms with van der Waals surface area (Å²) in [5.74, 6) is -0.203. The van der Waals surface area contributed by atoms with Crippen molar-refractivity contribution in [2.75, 3.05) is 5.32 Å². The molecule has 0 fully saturated rings. The van der Waals surface area contributed by atoms with Gasteiger partial charge in [0.05, 0.1) is 0 Å². The maximum atomic E-state index is 12.0. The van der Waals surface area contributed by atoms with E-state index in [2.05, 4.69) is 25.5 Å². The third-order valence-electron chi connectivity index (χ3n) is 3.54. The maximum Gasteiger partial charge on any atom is 0.319 e. The van der Waals surface area contributed by atoms with Gasteiger partial charge in [-0.15, -0.1) is 5.10 Å². The smallest absolute Gasteiger partial charge is 0.319 e. The number of amides is 3. The lowest BCUT2D eigenvalue weighted by molar-refractivity contribution is -0.123. The predicted octanol–water partition coefficient (Wildman–Crippen LogP) is 2.63. The van der Waals surface area contributed by atoms with Gasteiger partial charge < -0.3 is 16.0 Å². The van der Waals surface area contributed by atoms with Crippen LogP contribution in [0.5, 0.6) is 0 Å². The highest BCUT2D eigenvalue weighted by Crippen LogP contribution is 2.19. The first-order valence-corrected chi connectivity index (χ1v) is 8.58. The van der Waals surface area contributed by atoms with Crippen LogP contribution >= 0.6 is 11.5 Å². The third-order valence-corrected chi connectivity index (χ3v) is 4.05. The number of rotatable bonds is 6. The third kappa shape index (κ3) is 5.02. The summed E-state index contributed by atoms with van der Waals surface area (Å²) in [7, 11) is 0. The summed E-state index contributed by atoms with van der Waals surface area (Å²) in [6.07, 6.45) is 0.839. The van der Waals surface area contributed by atoms with E-state index in [1.165, 1.54) is 11.5 Å². The number of hydrogen-bond donors (Lipinski definition) is 3. The summed E-state index contributed by atoms with van der Waals surface area (Å²) in [5, 5.41) is 14.0. The highest BCUT2D eigenvalue weighted by Gasteiger charge is 2.16. The molecule has 24 heavy (non-hydrogen) atoms. The van der Waals surface area contributed by atoms with Crippen LogP contribution in [0.15, 0.2) is 29.6 Å². The molecule has 7 nitrogen and oxygen atoms in total. The molecule has 2 aromatic rings. The van der Waals surface area contributed by atoms with Gasteiger partial charge in [0.2, 0.25) is 5.91 Å². The van der Waals surface area contributed by atoms with Crippen molar-refractivity contribution in [1.82, 2.24) is 20.2 Å². The van der Waals surface area contributed by atoms with E-state index >= 15 is 0 Å². The topological polar surface area (TPSA) is 96.0 Å². The molecule has 2 atom stereocenters. The molecular weight excluding hydrogens is 326 g/mol. The second-order valence-corrected chi connectivity index (χ2v) is 6.12. The van der Waals surface area contributed by atoms with Crippen molar-refractivity contribution < 1.29 is 9.59 Å². The number of hydrogen-bond acceptors (Lipinski definition) is 5. The average Bonchev–Trinajstić information content (AvgIpc) is 3.09. The summed E-state index contributed by atoms with van der Waals surface area (Å²) in [6, 6.07) is 6.30. The van der Waals surface area contributed by atoms with Crippen LogP contribution in [0.3, 0.4) is 0 Å². The molecule has 128 valence electrons. The first-order chi connectivity index (χ1) is 11.5. The molecule has 0 aliphatic carbocycles. The van der Waals surface area contributed by atoms with Crippen molar-refractivity contribution in [3.63, 3.8) is 0 Å². The van der Waals surface area contributed by atoms with E-state index in [0.29, 0.717) is 5.69 Å². The van der Waals surface area contributed by atoms with E-state index in [4.69, 9.17) is 0 Å². The summed E-state index contributed by atoms with van der Waals surface area (Å²) >= 11 is 1.29. The van der Waals surface area contributed by atoms with Crippen molar-refractivity contribution in [1.29, 1.82) is 0 Å². The Morgan fingerprint density at radius 2 is 1.88 bits per heavy atom. The SMILES string of the molecule is CC[C@H](C)NC(=O)[C@@H](C)NC(=O)Nc1ccc(-c2csnn2)cc1. The first-order valence-electron chi connectivity index (χ1n) is 7.75. The molecule has 0 aliphatic heterocycles. The number of anilines is 1. The van der Waals surface area contributed by atoms with Gasteiger partial charge in [0.25, 0.3) is 0 Å².